The zero-order valence-electron chi connectivity index (χ0n) is 8.58. The molecule has 0 aromatic carbocycles. The van der Waals surface area contributed by atoms with Crippen molar-refractivity contribution in [3.63, 3.8) is 0 Å². The van der Waals surface area contributed by atoms with Crippen LogP contribution in [-0.2, 0) is 0 Å². The molecule has 1 heterocycles. The molecule has 76 valence electrons. The Labute approximate surface area is 80.2 Å². The van der Waals surface area contributed by atoms with Gasteiger partial charge in [0.05, 0.1) is 0 Å². The third kappa shape index (κ3) is 3.22. The molecule has 1 aliphatic heterocycles. The lowest BCUT2D eigenvalue weighted by Crippen LogP contribution is -2.43. The van der Waals surface area contributed by atoms with Crippen molar-refractivity contribution in [2.24, 2.45) is 11.7 Å². The minimum Gasteiger partial charge on any atom is -0.370 e. The summed E-state index contributed by atoms with van der Waals surface area (Å²) in [6.45, 7) is 3.06. The first-order valence-electron chi connectivity index (χ1n) is 4.83. The molecule has 0 unspecified atom stereocenters. The Bertz CT molecular complexity index is 170. The fraction of sp³-hybridized carbons (Fsp3) is 0.889. The highest BCUT2D eigenvalue weighted by Gasteiger charge is 2.19. The number of hydrogen-bond donors (Lipinski definition) is 2. The SMILES string of the molecule is CN(C)CC1CCN(C(=N)N)CC1. The molecule has 13 heavy (non-hydrogen) atoms. The fourth-order valence-corrected chi connectivity index (χ4v) is 1.87. The maximum Gasteiger partial charge on any atom is 0.188 e. The molecule has 0 aromatic heterocycles. The van der Waals surface area contributed by atoms with Crippen LogP contribution in [0.3, 0.4) is 0 Å². The lowest BCUT2D eigenvalue weighted by Gasteiger charge is -2.33. The summed E-state index contributed by atoms with van der Waals surface area (Å²) in [4.78, 5) is 4.18. The van der Waals surface area contributed by atoms with E-state index in [0.29, 0.717) is 0 Å². The van der Waals surface area contributed by atoms with Gasteiger partial charge in [-0.05, 0) is 32.9 Å². The smallest absolute Gasteiger partial charge is 0.188 e. The normalized spacial score (nSPS) is 19.5. The Morgan fingerprint density at radius 3 is 2.38 bits per heavy atom. The van der Waals surface area contributed by atoms with Gasteiger partial charge in [0, 0.05) is 19.6 Å². The summed E-state index contributed by atoms with van der Waals surface area (Å²) in [5, 5.41) is 7.29. The van der Waals surface area contributed by atoms with Crippen LogP contribution >= 0.6 is 0 Å². The highest BCUT2D eigenvalue weighted by molar-refractivity contribution is 5.74. The summed E-state index contributed by atoms with van der Waals surface area (Å²) in [7, 11) is 4.22. The predicted octanol–water partition coefficient (Wildman–Crippen LogP) is 0.153. The van der Waals surface area contributed by atoms with Crippen molar-refractivity contribution >= 4 is 5.96 Å². The van der Waals surface area contributed by atoms with Crippen LogP contribution in [0.4, 0.5) is 0 Å². The summed E-state index contributed by atoms with van der Waals surface area (Å²) in [6.07, 6.45) is 2.33. The van der Waals surface area contributed by atoms with Gasteiger partial charge >= 0.3 is 0 Å². The van der Waals surface area contributed by atoms with Crippen molar-refractivity contribution in [3.8, 4) is 0 Å². The first-order chi connectivity index (χ1) is 6.09. The largest absolute Gasteiger partial charge is 0.370 e. The zero-order valence-corrected chi connectivity index (χ0v) is 8.58. The monoisotopic (exact) mass is 184 g/mol. The van der Waals surface area contributed by atoms with Gasteiger partial charge in [0.15, 0.2) is 5.96 Å². The van der Waals surface area contributed by atoms with Crippen LogP contribution in [0.25, 0.3) is 0 Å². The van der Waals surface area contributed by atoms with E-state index in [4.69, 9.17) is 11.1 Å². The van der Waals surface area contributed by atoms with Crippen molar-refractivity contribution in [1.29, 1.82) is 5.41 Å². The van der Waals surface area contributed by atoms with Crippen molar-refractivity contribution < 1.29 is 0 Å². The Kier molecular flexibility index (Phi) is 3.54. The van der Waals surface area contributed by atoms with Crippen molar-refractivity contribution in [2.75, 3.05) is 33.7 Å². The van der Waals surface area contributed by atoms with Crippen LogP contribution in [0, 0.1) is 11.3 Å². The van der Waals surface area contributed by atoms with Crippen LogP contribution in [0.5, 0.6) is 0 Å². The van der Waals surface area contributed by atoms with Gasteiger partial charge in [-0.15, -0.1) is 0 Å². The average molecular weight is 184 g/mol. The molecule has 0 atom stereocenters. The minimum absolute atomic E-state index is 0.225. The Hall–Kier alpha value is -0.770. The molecule has 1 aliphatic rings. The standard InChI is InChI=1S/C9H20N4/c1-12(2)7-8-3-5-13(6-4-8)9(10)11/h8H,3-7H2,1-2H3,(H3,10,11). The van der Waals surface area contributed by atoms with E-state index >= 15 is 0 Å². The molecule has 0 bridgehead atoms. The van der Waals surface area contributed by atoms with E-state index in [2.05, 4.69) is 19.0 Å². The molecule has 4 nitrogen and oxygen atoms in total. The lowest BCUT2D eigenvalue weighted by atomic mass is 9.97. The van der Waals surface area contributed by atoms with E-state index in [-0.39, 0.29) is 5.96 Å². The molecule has 1 saturated heterocycles. The summed E-state index contributed by atoms with van der Waals surface area (Å²) in [6, 6.07) is 0. The van der Waals surface area contributed by atoms with Crippen LogP contribution in [-0.4, -0.2) is 49.5 Å². The summed E-state index contributed by atoms with van der Waals surface area (Å²) in [5.41, 5.74) is 5.41. The molecule has 3 N–H and O–H groups in total. The zero-order chi connectivity index (χ0) is 9.84. The topological polar surface area (TPSA) is 56.4 Å². The van der Waals surface area contributed by atoms with E-state index in [0.717, 1.165) is 38.4 Å². The maximum atomic E-state index is 7.29. The molecule has 0 saturated carbocycles. The third-order valence-electron chi connectivity index (χ3n) is 2.58. The number of rotatable bonds is 2. The van der Waals surface area contributed by atoms with Gasteiger partial charge in [-0.2, -0.15) is 0 Å². The molecule has 0 radical (unpaired) electrons. The quantitative estimate of drug-likeness (QED) is 0.474. The second kappa shape index (κ2) is 4.46. The predicted molar refractivity (Wildman–Crippen MR) is 54.8 cm³/mol. The van der Waals surface area contributed by atoms with E-state index in [9.17, 15) is 0 Å². The Balaban J connectivity index is 2.26. The Morgan fingerprint density at radius 2 is 2.00 bits per heavy atom. The number of piperidine rings is 1. The molecule has 0 amide bonds. The van der Waals surface area contributed by atoms with E-state index in [1.54, 1.807) is 0 Å². The number of nitrogens with one attached hydrogen (secondary N) is 1. The fourth-order valence-electron chi connectivity index (χ4n) is 1.87. The molecular weight excluding hydrogens is 164 g/mol. The van der Waals surface area contributed by atoms with Crippen molar-refractivity contribution in [2.45, 2.75) is 12.8 Å². The van der Waals surface area contributed by atoms with Gasteiger partial charge in [-0.25, -0.2) is 0 Å². The second-order valence-corrected chi connectivity index (χ2v) is 4.08. The van der Waals surface area contributed by atoms with Gasteiger partial charge in [-0.1, -0.05) is 0 Å². The van der Waals surface area contributed by atoms with Gasteiger partial charge in [0.2, 0.25) is 0 Å². The summed E-state index contributed by atoms with van der Waals surface area (Å²) < 4.78 is 0. The maximum absolute atomic E-state index is 7.29. The van der Waals surface area contributed by atoms with Crippen LogP contribution < -0.4 is 5.73 Å². The second-order valence-electron chi connectivity index (χ2n) is 4.08. The molecule has 0 spiro atoms. The number of nitrogens with zero attached hydrogens (tertiary/aromatic N) is 2. The van der Waals surface area contributed by atoms with E-state index in [1.807, 2.05) is 4.90 Å². The lowest BCUT2D eigenvalue weighted by molar-refractivity contribution is 0.217. The molecular formula is C9H20N4. The first-order valence-corrected chi connectivity index (χ1v) is 4.83. The van der Waals surface area contributed by atoms with Crippen molar-refractivity contribution in [3.05, 3.63) is 0 Å². The molecule has 0 aliphatic carbocycles. The van der Waals surface area contributed by atoms with Crippen LogP contribution in [0.2, 0.25) is 0 Å². The number of likely N-dealkylation sites (tertiary alicyclic amines) is 1. The number of nitrogens with two attached hydrogens (primary N) is 1. The highest BCUT2D eigenvalue weighted by atomic mass is 15.2. The van der Waals surface area contributed by atoms with Gasteiger partial charge in [0.25, 0.3) is 0 Å². The molecule has 1 fully saturated rings. The van der Waals surface area contributed by atoms with Gasteiger partial charge in [0.1, 0.15) is 0 Å². The van der Waals surface area contributed by atoms with Gasteiger partial charge in [-0.3, -0.25) is 5.41 Å². The molecule has 4 heteroatoms. The van der Waals surface area contributed by atoms with E-state index in [1.165, 1.54) is 0 Å². The van der Waals surface area contributed by atoms with E-state index < -0.39 is 0 Å². The molecule has 1 rings (SSSR count). The Morgan fingerprint density at radius 1 is 1.46 bits per heavy atom. The highest BCUT2D eigenvalue weighted by Crippen LogP contribution is 2.16. The average Bonchev–Trinajstić information content (AvgIpc) is 2.04. The first kappa shape index (κ1) is 10.3. The minimum atomic E-state index is 0.225. The number of hydrogen-bond acceptors (Lipinski definition) is 2. The van der Waals surface area contributed by atoms with Crippen LogP contribution in [0.15, 0.2) is 0 Å². The number of guanidine groups is 1. The summed E-state index contributed by atoms with van der Waals surface area (Å²) in [5.74, 6) is 1.01. The third-order valence-corrected chi connectivity index (χ3v) is 2.58. The van der Waals surface area contributed by atoms with Crippen molar-refractivity contribution in [1.82, 2.24) is 9.80 Å². The summed E-state index contributed by atoms with van der Waals surface area (Å²) >= 11 is 0. The van der Waals surface area contributed by atoms with Crippen LogP contribution in [0.1, 0.15) is 12.8 Å². The van der Waals surface area contributed by atoms with Gasteiger partial charge < -0.3 is 15.5 Å². The molecule has 0 aromatic rings.